The Hall–Kier alpha value is -1.92. The van der Waals surface area contributed by atoms with Crippen LogP contribution in [-0.2, 0) is 4.79 Å². The van der Waals surface area contributed by atoms with E-state index in [1.165, 1.54) is 0 Å². The zero-order valence-electron chi connectivity index (χ0n) is 10.6. The summed E-state index contributed by atoms with van der Waals surface area (Å²) in [7, 11) is 1.56. The maximum Gasteiger partial charge on any atom is 0.224 e. The minimum absolute atomic E-state index is 0.104. The number of nitrogens with one attached hydrogen (secondary N) is 3. The van der Waals surface area contributed by atoms with Crippen LogP contribution in [0.25, 0.3) is 0 Å². The van der Waals surface area contributed by atoms with Gasteiger partial charge in [-0.05, 0) is 6.42 Å². The molecule has 0 aliphatic rings. The Bertz CT molecular complexity index is 399. The normalized spacial score (nSPS) is 9.94. The lowest BCUT2D eigenvalue weighted by Gasteiger charge is -2.08. The summed E-state index contributed by atoms with van der Waals surface area (Å²) in [6.07, 6.45) is 2.30. The Morgan fingerprint density at radius 1 is 1.39 bits per heavy atom. The number of nitrogens with zero attached hydrogens (tertiary/aromatic N) is 2. The van der Waals surface area contributed by atoms with Crippen LogP contribution in [0.1, 0.15) is 19.8 Å². The molecule has 1 aromatic rings. The highest BCUT2D eigenvalue weighted by molar-refractivity contribution is 5.76. The van der Waals surface area contributed by atoms with Gasteiger partial charge in [-0.15, -0.1) is 0 Å². The van der Waals surface area contributed by atoms with Gasteiger partial charge in [0.15, 0.2) is 11.6 Å². The van der Waals surface area contributed by atoms with Gasteiger partial charge in [0.25, 0.3) is 0 Å². The summed E-state index contributed by atoms with van der Waals surface area (Å²) in [6, 6.07) is 0. The number of carbonyl (C=O) groups is 1. The quantitative estimate of drug-likeness (QED) is 0.677. The van der Waals surface area contributed by atoms with Gasteiger partial charge in [-0.3, -0.25) is 4.79 Å². The van der Waals surface area contributed by atoms with Crippen LogP contribution in [0.5, 0.6) is 0 Å². The summed E-state index contributed by atoms with van der Waals surface area (Å²) in [5.41, 5.74) is 0. The number of aromatic nitrogens is 2. The summed E-state index contributed by atoms with van der Waals surface area (Å²) < 4.78 is 13.4. The molecule has 0 fully saturated rings. The van der Waals surface area contributed by atoms with Gasteiger partial charge in [-0.2, -0.15) is 4.98 Å². The van der Waals surface area contributed by atoms with Crippen molar-refractivity contribution in [2.45, 2.75) is 19.8 Å². The third kappa shape index (κ3) is 4.52. The molecule has 3 N–H and O–H groups in total. The Labute approximate surface area is 105 Å². The first-order valence-corrected chi connectivity index (χ1v) is 5.88. The molecule has 100 valence electrons. The lowest BCUT2D eigenvalue weighted by molar-refractivity contribution is -0.120. The molecule has 18 heavy (non-hydrogen) atoms. The Kier molecular flexibility index (Phi) is 5.83. The zero-order chi connectivity index (χ0) is 13.4. The average molecular weight is 255 g/mol. The number of carbonyl (C=O) groups excluding carboxylic acids is 1. The summed E-state index contributed by atoms with van der Waals surface area (Å²) in [4.78, 5) is 18.8. The van der Waals surface area contributed by atoms with Crippen LogP contribution in [0.2, 0.25) is 0 Å². The molecular formula is C11H18FN5O. The fourth-order valence-electron chi connectivity index (χ4n) is 1.23. The molecular weight excluding hydrogens is 237 g/mol. The van der Waals surface area contributed by atoms with Crippen molar-refractivity contribution in [2.24, 2.45) is 0 Å². The van der Waals surface area contributed by atoms with Crippen LogP contribution < -0.4 is 16.0 Å². The van der Waals surface area contributed by atoms with Crippen LogP contribution in [0.3, 0.4) is 0 Å². The summed E-state index contributed by atoms with van der Waals surface area (Å²) in [6.45, 7) is 3.06. The summed E-state index contributed by atoms with van der Waals surface area (Å²) in [5, 5.41) is 8.22. The van der Waals surface area contributed by atoms with E-state index in [1.54, 1.807) is 7.05 Å². The van der Waals surface area contributed by atoms with E-state index in [-0.39, 0.29) is 18.1 Å². The SMILES string of the molecule is CCCNc1ncc(F)c(NCCC(=O)NC)n1. The minimum Gasteiger partial charge on any atom is -0.367 e. The fraction of sp³-hybridized carbons (Fsp3) is 0.545. The molecule has 1 rings (SSSR count). The number of halogens is 1. The molecule has 0 aliphatic carbocycles. The molecule has 1 heterocycles. The number of hydrogen-bond donors (Lipinski definition) is 3. The molecule has 1 amide bonds. The monoisotopic (exact) mass is 255 g/mol. The van der Waals surface area contributed by atoms with Gasteiger partial charge < -0.3 is 16.0 Å². The molecule has 0 aliphatic heterocycles. The largest absolute Gasteiger partial charge is 0.367 e. The minimum atomic E-state index is -0.533. The van der Waals surface area contributed by atoms with E-state index in [4.69, 9.17) is 0 Å². The second kappa shape index (κ2) is 7.41. The van der Waals surface area contributed by atoms with E-state index >= 15 is 0 Å². The number of amides is 1. The van der Waals surface area contributed by atoms with Gasteiger partial charge in [-0.1, -0.05) is 6.92 Å². The van der Waals surface area contributed by atoms with Crippen LogP contribution in [0.15, 0.2) is 6.20 Å². The second-order valence-electron chi connectivity index (χ2n) is 3.67. The highest BCUT2D eigenvalue weighted by atomic mass is 19.1. The highest BCUT2D eigenvalue weighted by Gasteiger charge is 2.06. The van der Waals surface area contributed by atoms with Crippen molar-refractivity contribution < 1.29 is 9.18 Å². The van der Waals surface area contributed by atoms with Gasteiger partial charge in [0, 0.05) is 26.6 Å². The second-order valence-corrected chi connectivity index (χ2v) is 3.67. The van der Waals surface area contributed by atoms with Gasteiger partial charge in [0.2, 0.25) is 11.9 Å². The van der Waals surface area contributed by atoms with Crippen molar-refractivity contribution in [3.63, 3.8) is 0 Å². The van der Waals surface area contributed by atoms with Crippen LogP contribution in [-0.4, -0.2) is 36.0 Å². The fourth-order valence-corrected chi connectivity index (χ4v) is 1.23. The maximum atomic E-state index is 13.4. The predicted molar refractivity (Wildman–Crippen MR) is 67.9 cm³/mol. The average Bonchev–Trinajstić information content (AvgIpc) is 2.39. The third-order valence-electron chi connectivity index (χ3n) is 2.20. The Balaban J connectivity index is 2.55. The number of rotatable bonds is 7. The molecule has 0 radical (unpaired) electrons. The number of anilines is 2. The lowest BCUT2D eigenvalue weighted by atomic mass is 10.4. The van der Waals surface area contributed by atoms with Gasteiger partial charge in [0.05, 0.1) is 6.20 Å². The molecule has 0 atom stereocenters. The van der Waals surface area contributed by atoms with Gasteiger partial charge >= 0.3 is 0 Å². The van der Waals surface area contributed by atoms with E-state index in [9.17, 15) is 9.18 Å². The third-order valence-corrected chi connectivity index (χ3v) is 2.20. The van der Waals surface area contributed by atoms with Crippen molar-refractivity contribution >= 4 is 17.7 Å². The summed E-state index contributed by atoms with van der Waals surface area (Å²) in [5.74, 6) is -0.163. The molecule has 7 heteroatoms. The zero-order valence-corrected chi connectivity index (χ0v) is 10.6. The van der Waals surface area contributed by atoms with Crippen LogP contribution >= 0.6 is 0 Å². The van der Waals surface area contributed by atoms with Crippen LogP contribution in [0.4, 0.5) is 16.2 Å². The molecule has 0 saturated heterocycles. The van der Waals surface area contributed by atoms with Gasteiger partial charge in [-0.25, -0.2) is 9.37 Å². The molecule has 0 spiro atoms. The van der Waals surface area contributed by atoms with Crippen molar-refractivity contribution in [3.05, 3.63) is 12.0 Å². The highest BCUT2D eigenvalue weighted by Crippen LogP contribution is 2.11. The molecule has 6 nitrogen and oxygen atoms in total. The standard InChI is InChI=1S/C11H18FN5O/c1-3-5-15-11-16-7-8(12)10(17-11)14-6-4-9(18)13-2/h7H,3-6H2,1-2H3,(H,13,18)(H2,14,15,16,17). The van der Waals surface area contributed by atoms with E-state index in [2.05, 4.69) is 25.9 Å². The Morgan fingerprint density at radius 3 is 2.83 bits per heavy atom. The first kappa shape index (κ1) is 14.1. The first-order chi connectivity index (χ1) is 8.67. The molecule has 1 aromatic heterocycles. The molecule has 0 saturated carbocycles. The molecule has 0 bridgehead atoms. The number of hydrogen-bond acceptors (Lipinski definition) is 5. The van der Waals surface area contributed by atoms with E-state index < -0.39 is 5.82 Å². The first-order valence-electron chi connectivity index (χ1n) is 5.88. The predicted octanol–water partition coefficient (Wildman–Crippen LogP) is 0.986. The Morgan fingerprint density at radius 2 is 2.17 bits per heavy atom. The van der Waals surface area contributed by atoms with Crippen LogP contribution in [0, 0.1) is 5.82 Å². The molecule has 0 unspecified atom stereocenters. The van der Waals surface area contributed by atoms with Crippen molar-refractivity contribution in [1.82, 2.24) is 15.3 Å². The van der Waals surface area contributed by atoms with E-state index in [0.717, 1.165) is 19.2 Å². The van der Waals surface area contributed by atoms with Crippen molar-refractivity contribution in [2.75, 3.05) is 30.8 Å². The van der Waals surface area contributed by atoms with Gasteiger partial charge in [0.1, 0.15) is 0 Å². The van der Waals surface area contributed by atoms with Crippen molar-refractivity contribution in [1.29, 1.82) is 0 Å². The molecule has 0 aromatic carbocycles. The maximum absolute atomic E-state index is 13.4. The van der Waals surface area contributed by atoms with Crippen molar-refractivity contribution in [3.8, 4) is 0 Å². The topological polar surface area (TPSA) is 78.9 Å². The van der Waals surface area contributed by atoms with E-state index in [0.29, 0.717) is 12.5 Å². The summed E-state index contributed by atoms with van der Waals surface area (Å²) >= 11 is 0. The van der Waals surface area contributed by atoms with E-state index in [1.807, 2.05) is 6.92 Å². The lowest BCUT2D eigenvalue weighted by Crippen LogP contribution is -2.21. The smallest absolute Gasteiger partial charge is 0.224 e.